The van der Waals surface area contributed by atoms with Gasteiger partial charge in [0.1, 0.15) is 5.82 Å². The summed E-state index contributed by atoms with van der Waals surface area (Å²) in [5, 5.41) is 0. The van der Waals surface area contributed by atoms with Crippen molar-refractivity contribution >= 4 is 0 Å². The van der Waals surface area contributed by atoms with E-state index in [-0.39, 0.29) is 0 Å². The molecule has 4 heteroatoms. The molecular weight excluding hydrogens is 183 g/mol. The van der Waals surface area contributed by atoms with E-state index in [1.165, 1.54) is 12.3 Å². The molecule has 0 saturated heterocycles. The fourth-order valence-corrected chi connectivity index (χ4v) is 0.976. The molecule has 0 saturated carbocycles. The first-order valence-corrected chi connectivity index (χ1v) is 4.04. The lowest BCUT2D eigenvalue weighted by Gasteiger charge is -2.02. The molecule has 2 aromatic rings. The predicted octanol–water partition coefficient (Wildman–Crippen LogP) is 2.41. The molecule has 0 spiro atoms. The number of halogens is 1. The van der Waals surface area contributed by atoms with Crippen molar-refractivity contribution < 1.29 is 9.13 Å². The summed E-state index contributed by atoms with van der Waals surface area (Å²) in [5.74, 6) is 0.321. The molecule has 0 aromatic carbocycles. The number of pyridine rings is 2. The highest BCUT2D eigenvalue weighted by molar-refractivity contribution is 5.23. The van der Waals surface area contributed by atoms with Gasteiger partial charge in [-0.2, -0.15) is 0 Å². The summed E-state index contributed by atoms with van der Waals surface area (Å²) in [7, 11) is 0. The second-order valence-electron chi connectivity index (χ2n) is 2.61. The van der Waals surface area contributed by atoms with E-state index in [0.29, 0.717) is 11.6 Å². The summed E-state index contributed by atoms with van der Waals surface area (Å²) >= 11 is 0. The minimum absolute atomic E-state index is 0.337. The van der Waals surface area contributed by atoms with Crippen LogP contribution < -0.4 is 4.74 Å². The smallest absolute Gasteiger partial charge is 0.219 e. The average molecular weight is 190 g/mol. The standard InChI is InChI=1S/C10H7FN2O/c11-8-5-9(7-12-6-8)14-10-3-1-2-4-13-10/h1-7H. The second-order valence-corrected chi connectivity index (χ2v) is 2.61. The maximum absolute atomic E-state index is 12.7. The quantitative estimate of drug-likeness (QED) is 0.729. The maximum atomic E-state index is 12.7. The Labute approximate surface area is 80.2 Å². The Hall–Kier alpha value is -1.97. The fraction of sp³-hybridized carbons (Fsp3) is 0. The van der Waals surface area contributed by atoms with Gasteiger partial charge in [-0.3, -0.25) is 4.98 Å². The van der Waals surface area contributed by atoms with E-state index < -0.39 is 5.82 Å². The number of nitrogens with zero attached hydrogens (tertiary/aromatic N) is 2. The number of rotatable bonds is 2. The summed E-state index contributed by atoms with van der Waals surface area (Å²) in [6.45, 7) is 0. The van der Waals surface area contributed by atoms with Crippen molar-refractivity contribution in [2.45, 2.75) is 0 Å². The number of ether oxygens (including phenoxy) is 1. The third kappa shape index (κ3) is 2.04. The van der Waals surface area contributed by atoms with Gasteiger partial charge in [0.2, 0.25) is 5.88 Å². The molecule has 0 aliphatic heterocycles. The lowest BCUT2D eigenvalue weighted by Crippen LogP contribution is -1.88. The zero-order valence-electron chi connectivity index (χ0n) is 7.22. The Bertz CT molecular complexity index is 419. The van der Waals surface area contributed by atoms with Crippen molar-refractivity contribution in [3.63, 3.8) is 0 Å². The van der Waals surface area contributed by atoms with Crippen molar-refractivity contribution in [3.8, 4) is 11.6 Å². The molecule has 3 nitrogen and oxygen atoms in total. The SMILES string of the molecule is Fc1cncc(Oc2ccccn2)c1. The Kier molecular flexibility index (Phi) is 2.36. The van der Waals surface area contributed by atoms with E-state index >= 15 is 0 Å². The van der Waals surface area contributed by atoms with Gasteiger partial charge in [0.15, 0.2) is 5.75 Å². The summed E-state index contributed by atoms with van der Waals surface area (Å²) in [4.78, 5) is 7.58. The Balaban J connectivity index is 2.19. The van der Waals surface area contributed by atoms with Crippen molar-refractivity contribution in [3.05, 3.63) is 48.7 Å². The second kappa shape index (κ2) is 3.83. The van der Waals surface area contributed by atoms with Crippen LogP contribution in [0, 0.1) is 5.82 Å². The van der Waals surface area contributed by atoms with Crippen molar-refractivity contribution in [2.75, 3.05) is 0 Å². The van der Waals surface area contributed by atoms with Crippen LogP contribution in [0.4, 0.5) is 4.39 Å². The largest absolute Gasteiger partial charge is 0.437 e. The number of hydrogen-bond donors (Lipinski definition) is 0. The molecule has 0 radical (unpaired) electrons. The van der Waals surface area contributed by atoms with E-state index in [1.54, 1.807) is 24.4 Å². The maximum Gasteiger partial charge on any atom is 0.219 e. The molecule has 2 heterocycles. The van der Waals surface area contributed by atoms with Crippen molar-refractivity contribution in [2.24, 2.45) is 0 Å². The third-order valence-corrected chi connectivity index (χ3v) is 1.54. The molecule has 0 unspecified atom stereocenters. The Morgan fingerprint density at radius 1 is 1.21 bits per heavy atom. The molecule has 14 heavy (non-hydrogen) atoms. The van der Waals surface area contributed by atoms with Gasteiger partial charge >= 0.3 is 0 Å². The molecule has 2 rings (SSSR count). The highest BCUT2D eigenvalue weighted by atomic mass is 19.1. The summed E-state index contributed by atoms with van der Waals surface area (Å²) in [6.07, 6.45) is 4.14. The topological polar surface area (TPSA) is 35.0 Å². The van der Waals surface area contributed by atoms with Crippen LogP contribution in [-0.2, 0) is 0 Å². The summed E-state index contributed by atoms with van der Waals surface area (Å²) < 4.78 is 18.0. The van der Waals surface area contributed by atoms with E-state index in [4.69, 9.17) is 4.74 Å². The van der Waals surface area contributed by atoms with Crippen LogP contribution in [0.25, 0.3) is 0 Å². The van der Waals surface area contributed by atoms with Crippen molar-refractivity contribution in [1.29, 1.82) is 0 Å². The molecule has 0 aliphatic rings. The van der Waals surface area contributed by atoms with Crippen molar-refractivity contribution in [1.82, 2.24) is 9.97 Å². The lowest BCUT2D eigenvalue weighted by molar-refractivity contribution is 0.455. The monoisotopic (exact) mass is 190 g/mol. The van der Waals surface area contributed by atoms with Gasteiger partial charge in [0.25, 0.3) is 0 Å². The zero-order valence-corrected chi connectivity index (χ0v) is 7.22. The average Bonchev–Trinajstić information content (AvgIpc) is 2.19. The third-order valence-electron chi connectivity index (χ3n) is 1.54. The van der Waals surface area contributed by atoms with E-state index in [1.807, 2.05) is 0 Å². The fourth-order valence-electron chi connectivity index (χ4n) is 0.976. The van der Waals surface area contributed by atoms with Gasteiger partial charge in [-0.05, 0) is 6.07 Å². The van der Waals surface area contributed by atoms with E-state index in [0.717, 1.165) is 6.20 Å². The normalized spacial score (nSPS) is 9.79. The molecule has 0 N–H and O–H groups in total. The van der Waals surface area contributed by atoms with Gasteiger partial charge in [-0.15, -0.1) is 0 Å². The molecule has 0 fully saturated rings. The molecule has 0 bridgehead atoms. The lowest BCUT2D eigenvalue weighted by atomic mass is 10.4. The highest BCUT2D eigenvalue weighted by Crippen LogP contribution is 2.17. The molecule has 2 aromatic heterocycles. The predicted molar refractivity (Wildman–Crippen MR) is 48.5 cm³/mol. The molecular formula is C10H7FN2O. The van der Waals surface area contributed by atoms with Crippen LogP contribution in [0.15, 0.2) is 42.9 Å². The Morgan fingerprint density at radius 2 is 2.14 bits per heavy atom. The van der Waals surface area contributed by atoms with E-state index in [2.05, 4.69) is 9.97 Å². The van der Waals surface area contributed by atoms with Gasteiger partial charge in [-0.1, -0.05) is 6.07 Å². The van der Waals surface area contributed by atoms with Crippen LogP contribution in [0.1, 0.15) is 0 Å². The van der Waals surface area contributed by atoms with Crippen LogP contribution in [-0.4, -0.2) is 9.97 Å². The van der Waals surface area contributed by atoms with Crippen LogP contribution in [0.2, 0.25) is 0 Å². The minimum Gasteiger partial charge on any atom is -0.437 e. The van der Waals surface area contributed by atoms with Gasteiger partial charge < -0.3 is 4.74 Å². The number of hydrogen-bond acceptors (Lipinski definition) is 3. The molecule has 0 amide bonds. The molecule has 70 valence electrons. The van der Waals surface area contributed by atoms with E-state index in [9.17, 15) is 4.39 Å². The first kappa shape index (κ1) is 8.62. The van der Waals surface area contributed by atoms with Gasteiger partial charge in [0.05, 0.1) is 12.4 Å². The highest BCUT2D eigenvalue weighted by Gasteiger charge is 1.98. The summed E-state index contributed by atoms with van der Waals surface area (Å²) in [5.41, 5.74) is 0. The Morgan fingerprint density at radius 3 is 2.86 bits per heavy atom. The first-order valence-electron chi connectivity index (χ1n) is 4.04. The molecule has 0 atom stereocenters. The first-order chi connectivity index (χ1) is 6.84. The number of aromatic nitrogens is 2. The minimum atomic E-state index is -0.432. The van der Waals surface area contributed by atoms with Crippen LogP contribution in [0.3, 0.4) is 0 Å². The van der Waals surface area contributed by atoms with Gasteiger partial charge in [0, 0.05) is 18.3 Å². The zero-order chi connectivity index (χ0) is 9.80. The molecule has 0 aliphatic carbocycles. The van der Waals surface area contributed by atoms with Crippen LogP contribution >= 0.6 is 0 Å². The van der Waals surface area contributed by atoms with Crippen LogP contribution in [0.5, 0.6) is 11.6 Å². The van der Waals surface area contributed by atoms with Gasteiger partial charge in [-0.25, -0.2) is 9.37 Å². The summed E-state index contributed by atoms with van der Waals surface area (Å²) in [6, 6.07) is 6.50.